The van der Waals surface area contributed by atoms with Crippen LogP contribution in [-0.4, -0.2) is 73.6 Å². The first-order valence-corrected chi connectivity index (χ1v) is 16.2. The van der Waals surface area contributed by atoms with Crippen LogP contribution in [0.15, 0.2) is 72.8 Å². The Morgan fingerprint density at radius 1 is 0.913 bits per heavy atom. The summed E-state index contributed by atoms with van der Waals surface area (Å²) < 4.78 is 12.5. The smallest absolute Gasteiger partial charge is 0.411 e. The van der Waals surface area contributed by atoms with Crippen molar-refractivity contribution in [3.63, 3.8) is 0 Å². The Balaban J connectivity index is 1.05. The summed E-state index contributed by atoms with van der Waals surface area (Å²) in [5, 5.41) is 2.91. The van der Waals surface area contributed by atoms with Gasteiger partial charge in [0.15, 0.2) is 0 Å². The second-order valence-electron chi connectivity index (χ2n) is 11.9. The van der Waals surface area contributed by atoms with Gasteiger partial charge >= 0.3 is 6.09 Å². The van der Waals surface area contributed by atoms with E-state index in [1.807, 2.05) is 66.7 Å². The molecule has 3 aromatic carbocycles. The van der Waals surface area contributed by atoms with Crippen molar-refractivity contribution in [2.45, 2.75) is 44.8 Å². The number of hydrogen-bond acceptors (Lipinski definition) is 7. The summed E-state index contributed by atoms with van der Waals surface area (Å²) in [5.41, 5.74) is 9.65. The van der Waals surface area contributed by atoms with Gasteiger partial charge in [-0.2, -0.15) is 0 Å². The number of primary amides is 1. The molecule has 5 rings (SSSR count). The minimum Gasteiger partial charge on any atom is -0.496 e. The number of carbonyl (C=O) groups excluding carboxylic acids is 3. The van der Waals surface area contributed by atoms with Gasteiger partial charge in [0.2, 0.25) is 11.8 Å². The number of halogens is 1. The number of piperidine rings is 2. The fraction of sp³-hybridized carbons (Fsp3) is 0.400. The van der Waals surface area contributed by atoms with Gasteiger partial charge in [-0.1, -0.05) is 54.6 Å². The Labute approximate surface area is 275 Å². The molecule has 3 N–H and O–H groups in total. The zero-order valence-electron chi connectivity index (χ0n) is 26.2. The van der Waals surface area contributed by atoms with E-state index in [2.05, 4.69) is 15.1 Å². The molecule has 0 saturated carbocycles. The number of rotatable bonds is 11. The van der Waals surface area contributed by atoms with Crippen molar-refractivity contribution in [2.75, 3.05) is 49.6 Å². The minimum absolute atomic E-state index is 0.0586. The van der Waals surface area contributed by atoms with Gasteiger partial charge in [0.25, 0.3) is 0 Å². The number of nitrogens with zero attached hydrogens (tertiary/aromatic N) is 3. The van der Waals surface area contributed by atoms with Gasteiger partial charge in [0.1, 0.15) is 11.9 Å². The quantitative estimate of drug-likeness (QED) is 0.258. The number of nitrogens with one attached hydrogen (secondary N) is 1. The third-order valence-corrected chi connectivity index (χ3v) is 9.18. The summed E-state index contributed by atoms with van der Waals surface area (Å²) >= 11 is 6.48. The normalized spacial score (nSPS) is 16.5. The lowest BCUT2D eigenvalue weighted by atomic mass is 9.96. The molecule has 3 amide bonds. The van der Waals surface area contributed by atoms with E-state index in [-0.39, 0.29) is 30.3 Å². The Hall–Kier alpha value is -4.12. The highest BCUT2D eigenvalue weighted by molar-refractivity contribution is 6.36. The van der Waals surface area contributed by atoms with Crippen molar-refractivity contribution >= 4 is 41.1 Å². The summed E-state index contributed by atoms with van der Waals surface area (Å²) in [6.07, 6.45) is 2.47. The van der Waals surface area contributed by atoms with E-state index in [4.69, 9.17) is 27.0 Å². The summed E-state index contributed by atoms with van der Waals surface area (Å²) in [4.78, 5) is 41.7. The van der Waals surface area contributed by atoms with Crippen LogP contribution in [0.3, 0.4) is 0 Å². The zero-order chi connectivity index (χ0) is 32.5. The maximum absolute atomic E-state index is 13.0. The number of likely N-dealkylation sites (tertiary alicyclic amines) is 2. The summed E-state index contributed by atoms with van der Waals surface area (Å²) in [7, 11) is 1.60. The molecule has 0 aromatic heterocycles. The van der Waals surface area contributed by atoms with Crippen LogP contribution in [0.25, 0.3) is 11.1 Å². The number of para-hydroxylation sites is 1. The van der Waals surface area contributed by atoms with Gasteiger partial charge in [-0.05, 0) is 56.5 Å². The lowest BCUT2D eigenvalue weighted by Gasteiger charge is -2.31. The van der Waals surface area contributed by atoms with Crippen LogP contribution in [0.4, 0.5) is 16.2 Å². The second kappa shape index (κ2) is 15.9. The molecule has 11 heteroatoms. The third kappa shape index (κ3) is 8.78. The molecule has 0 spiro atoms. The minimum atomic E-state index is -0.469. The highest BCUT2D eigenvalue weighted by atomic mass is 35.5. The lowest BCUT2D eigenvalue weighted by Crippen LogP contribution is -2.40. The van der Waals surface area contributed by atoms with Gasteiger partial charge in [0.05, 0.1) is 18.5 Å². The van der Waals surface area contributed by atoms with E-state index in [9.17, 15) is 14.4 Å². The Kier molecular flexibility index (Phi) is 11.5. The molecule has 2 aliphatic heterocycles. The van der Waals surface area contributed by atoms with Crippen LogP contribution < -0.4 is 20.2 Å². The van der Waals surface area contributed by atoms with E-state index in [1.54, 1.807) is 13.2 Å². The molecule has 3 aromatic rings. The van der Waals surface area contributed by atoms with E-state index < -0.39 is 6.09 Å². The van der Waals surface area contributed by atoms with Crippen molar-refractivity contribution < 1.29 is 23.9 Å². The van der Waals surface area contributed by atoms with Crippen LogP contribution >= 0.6 is 11.8 Å². The molecular formula is C35H42ClN5O5. The van der Waals surface area contributed by atoms with Crippen molar-refractivity contribution in [3.05, 3.63) is 78.4 Å². The molecule has 0 unspecified atom stereocenters. The summed E-state index contributed by atoms with van der Waals surface area (Å²) in [5.74, 6) is 0.160. The van der Waals surface area contributed by atoms with Crippen LogP contribution in [0.1, 0.15) is 37.7 Å². The summed E-state index contributed by atoms with van der Waals surface area (Å²) in [6.45, 7) is 4.24. The molecule has 2 fully saturated rings. The Morgan fingerprint density at radius 2 is 1.59 bits per heavy atom. The van der Waals surface area contributed by atoms with Crippen LogP contribution in [0, 0.1) is 5.92 Å². The van der Waals surface area contributed by atoms with Crippen molar-refractivity contribution in [1.82, 2.24) is 9.80 Å². The van der Waals surface area contributed by atoms with E-state index in [0.717, 1.165) is 47.0 Å². The average molecular weight is 648 g/mol. The number of benzene rings is 3. The first-order valence-electron chi connectivity index (χ1n) is 15.8. The molecule has 10 nitrogen and oxygen atoms in total. The van der Waals surface area contributed by atoms with Gasteiger partial charge in [0, 0.05) is 67.5 Å². The van der Waals surface area contributed by atoms with Gasteiger partial charge in [-0.25, -0.2) is 9.21 Å². The maximum atomic E-state index is 13.0. The molecule has 0 aliphatic carbocycles. The number of nitrogens with two attached hydrogens (primary N) is 1. The molecule has 46 heavy (non-hydrogen) atoms. The fourth-order valence-electron chi connectivity index (χ4n) is 6.10. The lowest BCUT2D eigenvalue weighted by molar-refractivity contribution is -0.123. The Bertz CT molecular complexity index is 1490. The predicted octanol–water partition coefficient (Wildman–Crippen LogP) is 5.65. The van der Waals surface area contributed by atoms with Crippen LogP contribution in [-0.2, 0) is 20.9 Å². The van der Waals surface area contributed by atoms with Crippen LogP contribution in [0.5, 0.6) is 5.75 Å². The van der Waals surface area contributed by atoms with Crippen molar-refractivity contribution in [2.24, 2.45) is 11.7 Å². The number of ether oxygens (including phenoxy) is 2. The van der Waals surface area contributed by atoms with E-state index >= 15 is 0 Å². The summed E-state index contributed by atoms with van der Waals surface area (Å²) in [6, 6.07) is 23.1. The monoisotopic (exact) mass is 647 g/mol. The topological polar surface area (TPSA) is 117 Å². The predicted molar refractivity (Wildman–Crippen MR) is 180 cm³/mol. The zero-order valence-corrected chi connectivity index (χ0v) is 27.0. The molecular weight excluding hydrogens is 606 g/mol. The SMILES string of the molecule is COc1cc(N(Cl)C(=O)CCN2CCC(OC(=O)Nc3ccccc3-c3ccccc3)CC2)ccc1CN1CCC(C(N)=O)CC1. The third-order valence-electron chi connectivity index (χ3n) is 8.80. The van der Waals surface area contributed by atoms with Crippen molar-refractivity contribution in [3.8, 4) is 16.9 Å². The highest BCUT2D eigenvalue weighted by Gasteiger charge is 2.26. The number of amides is 3. The molecule has 0 atom stereocenters. The maximum Gasteiger partial charge on any atom is 0.411 e. The van der Waals surface area contributed by atoms with Gasteiger partial charge in [-0.3, -0.25) is 19.8 Å². The van der Waals surface area contributed by atoms with Gasteiger partial charge in [-0.15, -0.1) is 0 Å². The van der Waals surface area contributed by atoms with E-state index in [1.165, 1.54) is 0 Å². The number of methoxy groups -OCH3 is 1. The van der Waals surface area contributed by atoms with E-state index in [0.29, 0.717) is 56.1 Å². The molecule has 244 valence electrons. The first kappa shape index (κ1) is 33.2. The molecule has 2 aliphatic rings. The number of carbonyl (C=O) groups is 3. The fourth-order valence-corrected chi connectivity index (χ4v) is 6.29. The van der Waals surface area contributed by atoms with Crippen molar-refractivity contribution in [1.29, 1.82) is 0 Å². The molecule has 0 radical (unpaired) electrons. The molecule has 2 heterocycles. The largest absolute Gasteiger partial charge is 0.496 e. The Morgan fingerprint density at radius 3 is 2.28 bits per heavy atom. The number of anilines is 2. The van der Waals surface area contributed by atoms with Crippen LogP contribution in [0.2, 0.25) is 0 Å². The first-order chi connectivity index (χ1) is 22.3. The number of hydrogen-bond donors (Lipinski definition) is 2. The molecule has 0 bridgehead atoms. The average Bonchev–Trinajstić information content (AvgIpc) is 3.08. The second-order valence-corrected chi connectivity index (χ2v) is 12.2. The van der Waals surface area contributed by atoms with Gasteiger partial charge < -0.3 is 20.1 Å². The standard InChI is InChI=1S/C35H42ClN5O5/c1-45-32-23-28(12-11-27(32)24-40-18-13-26(14-19-40)34(37)43)41(36)33(42)17-22-39-20-15-29(16-21-39)46-35(44)38-31-10-6-5-9-30(31)25-7-3-2-4-8-25/h2-12,23,26,29H,13-22,24H2,1H3,(H2,37,43)(H,38,44). The highest BCUT2D eigenvalue weighted by Crippen LogP contribution is 2.30. The molecule has 2 saturated heterocycles.